The van der Waals surface area contributed by atoms with E-state index in [0.29, 0.717) is 0 Å². The summed E-state index contributed by atoms with van der Waals surface area (Å²) < 4.78 is 0. The van der Waals surface area contributed by atoms with Gasteiger partial charge in [0.15, 0.2) is 17.4 Å². The molecule has 0 spiro atoms. The van der Waals surface area contributed by atoms with Gasteiger partial charge in [0.05, 0.1) is 0 Å². The Hall–Kier alpha value is 1.01. The summed E-state index contributed by atoms with van der Waals surface area (Å²) in [5.74, 6) is 0. The van der Waals surface area contributed by atoms with E-state index in [1.165, 1.54) is 18.4 Å². The van der Waals surface area contributed by atoms with Crippen molar-refractivity contribution in [3.63, 3.8) is 0 Å². The minimum atomic E-state index is 0. The molecule has 9 heavy (non-hydrogen) atoms. The molecule has 0 aromatic rings. The topological polar surface area (TPSA) is 0 Å². The number of hydrogen-bond donors (Lipinski definition) is 0. The van der Waals surface area contributed by atoms with Crippen LogP contribution < -0.4 is 0 Å². The molecule has 0 heterocycles. The Bertz CT molecular complexity index is 116. The van der Waals surface area contributed by atoms with Crippen molar-refractivity contribution in [1.82, 2.24) is 0 Å². The van der Waals surface area contributed by atoms with Gasteiger partial charge in [-0.1, -0.05) is 23.8 Å². The van der Waals surface area contributed by atoms with E-state index >= 15 is 0 Å². The summed E-state index contributed by atoms with van der Waals surface area (Å²) in [6, 6.07) is 0. The molecule has 0 saturated carbocycles. The van der Waals surface area contributed by atoms with Crippen LogP contribution in [0.25, 0.3) is 0 Å². The predicted molar refractivity (Wildman–Crippen MR) is 49.2 cm³/mol. The SMILES string of the molecule is CC1=CC=CCC1.[AlH3].[NaH]. The molecule has 0 radical (unpaired) electrons. The van der Waals surface area contributed by atoms with Crippen LogP contribution in [0, 0.1) is 0 Å². The second kappa shape index (κ2) is 7.12. The third-order valence-electron chi connectivity index (χ3n) is 1.22. The van der Waals surface area contributed by atoms with Gasteiger partial charge >= 0.3 is 29.6 Å². The Balaban J connectivity index is 0. The Labute approximate surface area is 89.8 Å². The van der Waals surface area contributed by atoms with Crippen molar-refractivity contribution in [2.24, 2.45) is 0 Å². The quantitative estimate of drug-likeness (QED) is 0.437. The minimum absolute atomic E-state index is 0. The van der Waals surface area contributed by atoms with Gasteiger partial charge in [-0.15, -0.1) is 0 Å². The molecule has 0 fully saturated rings. The van der Waals surface area contributed by atoms with Gasteiger partial charge in [-0.25, -0.2) is 0 Å². The molecule has 0 aliphatic heterocycles. The van der Waals surface area contributed by atoms with E-state index < -0.39 is 0 Å². The van der Waals surface area contributed by atoms with Gasteiger partial charge in [-0.2, -0.15) is 0 Å². The number of allylic oxidation sites excluding steroid dienone is 4. The average Bonchev–Trinajstić information content (AvgIpc) is 1.69. The molecular weight excluding hydrogens is 134 g/mol. The van der Waals surface area contributed by atoms with Crippen LogP contribution in [-0.4, -0.2) is 46.9 Å². The van der Waals surface area contributed by atoms with Crippen molar-refractivity contribution in [2.75, 3.05) is 0 Å². The predicted octanol–water partition coefficient (Wildman–Crippen LogP) is 0.450. The van der Waals surface area contributed by atoms with Crippen LogP contribution in [0.1, 0.15) is 19.8 Å². The molecule has 0 N–H and O–H groups in total. The summed E-state index contributed by atoms with van der Waals surface area (Å²) in [6.45, 7) is 2.17. The van der Waals surface area contributed by atoms with Crippen LogP contribution in [0.15, 0.2) is 23.8 Å². The normalized spacial score (nSPS) is 15.0. The summed E-state index contributed by atoms with van der Waals surface area (Å²) >= 11 is 0. The Morgan fingerprint density at radius 2 is 2.11 bits per heavy atom. The molecule has 1 aliphatic rings. The molecule has 1 rings (SSSR count). The average molecular weight is 148 g/mol. The van der Waals surface area contributed by atoms with Crippen molar-refractivity contribution < 1.29 is 0 Å². The molecule has 1 aliphatic carbocycles. The molecule has 0 saturated heterocycles. The summed E-state index contributed by atoms with van der Waals surface area (Å²) in [5.41, 5.74) is 1.50. The molecule has 0 nitrogen and oxygen atoms in total. The molecule has 0 atom stereocenters. The van der Waals surface area contributed by atoms with E-state index in [0.717, 1.165) is 0 Å². The monoisotopic (exact) mass is 148 g/mol. The second-order valence-electron chi connectivity index (χ2n) is 1.98. The van der Waals surface area contributed by atoms with Crippen LogP contribution in [0.4, 0.5) is 0 Å². The summed E-state index contributed by atoms with van der Waals surface area (Å²) in [5, 5.41) is 0. The van der Waals surface area contributed by atoms with Crippen LogP contribution in [0.5, 0.6) is 0 Å². The molecular formula is C7H14AlNa. The first-order chi connectivity index (χ1) is 3.39. The zero-order valence-corrected chi connectivity index (χ0v) is 4.65. The van der Waals surface area contributed by atoms with Crippen LogP contribution >= 0.6 is 0 Å². The molecule has 46 valence electrons. The fraction of sp³-hybridized carbons (Fsp3) is 0.429. The van der Waals surface area contributed by atoms with Crippen molar-refractivity contribution in [1.29, 1.82) is 0 Å². The molecule has 0 bridgehead atoms. The molecule has 0 unspecified atom stereocenters. The van der Waals surface area contributed by atoms with Crippen LogP contribution in [0.3, 0.4) is 0 Å². The van der Waals surface area contributed by atoms with Crippen LogP contribution in [-0.2, 0) is 0 Å². The van der Waals surface area contributed by atoms with E-state index in [2.05, 4.69) is 25.2 Å². The first-order valence-corrected chi connectivity index (χ1v) is 2.72. The van der Waals surface area contributed by atoms with Crippen molar-refractivity contribution in [3.8, 4) is 0 Å². The summed E-state index contributed by atoms with van der Waals surface area (Å²) in [7, 11) is 0. The van der Waals surface area contributed by atoms with Gasteiger partial charge in [0.2, 0.25) is 0 Å². The third-order valence-corrected chi connectivity index (χ3v) is 1.22. The van der Waals surface area contributed by atoms with E-state index in [9.17, 15) is 0 Å². The van der Waals surface area contributed by atoms with E-state index in [1.807, 2.05) is 0 Å². The molecule has 0 aromatic heterocycles. The maximum absolute atomic E-state index is 2.20. The first-order valence-electron chi connectivity index (χ1n) is 2.72. The van der Waals surface area contributed by atoms with Crippen molar-refractivity contribution >= 4 is 46.9 Å². The zero-order valence-electron chi connectivity index (χ0n) is 4.65. The number of hydrogen-bond acceptors (Lipinski definition) is 0. The fourth-order valence-electron chi connectivity index (χ4n) is 0.723. The van der Waals surface area contributed by atoms with Gasteiger partial charge in [-0.3, -0.25) is 0 Å². The zero-order chi connectivity index (χ0) is 5.11. The Morgan fingerprint density at radius 1 is 1.44 bits per heavy atom. The second-order valence-corrected chi connectivity index (χ2v) is 1.98. The van der Waals surface area contributed by atoms with Gasteiger partial charge < -0.3 is 0 Å². The van der Waals surface area contributed by atoms with Gasteiger partial charge in [0.25, 0.3) is 0 Å². The first kappa shape index (κ1) is 12.7. The van der Waals surface area contributed by atoms with Gasteiger partial charge in [0.1, 0.15) is 0 Å². The van der Waals surface area contributed by atoms with Gasteiger partial charge in [0, 0.05) is 0 Å². The summed E-state index contributed by atoms with van der Waals surface area (Å²) in [4.78, 5) is 0. The van der Waals surface area contributed by atoms with Crippen molar-refractivity contribution in [2.45, 2.75) is 19.8 Å². The van der Waals surface area contributed by atoms with E-state index in [-0.39, 0.29) is 46.9 Å². The van der Waals surface area contributed by atoms with E-state index in [1.54, 1.807) is 0 Å². The summed E-state index contributed by atoms with van der Waals surface area (Å²) in [6.07, 6.45) is 8.99. The molecule has 0 aromatic carbocycles. The maximum atomic E-state index is 2.20. The standard InChI is InChI=1S/C7H10.Al.Na.4H/c1-7-5-3-2-4-6-7;;;;;;/h2-3,5H,4,6H2,1H3;;;;;;. The Morgan fingerprint density at radius 3 is 2.33 bits per heavy atom. The van der Waals surface area contributed by atoms with Gasteiger partial charge in [-0.05, 0) is 19.8 Å². The Kier molecular flexibility index (Phi) is 10.0. The third kappa shape index (κ3) is 5.46. The van der Waals surface area contributed by atoms with E-state index in [4.69, 9.17) is 0 Å². The fourth-order valence-corrected chi connectivity index (χ4v) is 0.723. The molecule has 0 amide bonds. The molecule has 2 heteroatoms. The van der Waals surface area contributed by atoms with Crippen molar-refractivity contribution in [3.05, 3.63) is 23.8 Å². The van der Waals surface area contributed by atoms with Crippen LogP contribution in [0.2, 0.25) is 0 Å². The number of rotatable bonds is 0.